The zero-order valence-corrected chi connectivity index (χ0v) is 20.1. The average molecular weight is 508 g/mol. The van der Waals surface area contributed by atoms with Crippen molar-refractivity contribution in [1.29, 1.82) is 0 Å². The smallest absolute Gasteiger partial charge is 0.251 e. The van der Waals surface area contributed by atoms with Crippen LogP contribution in [-0.2, 0) is 24.3 Å². The van der Waals surface area contributed by atoms with E-state index in [9.17, 15) is 4.79 Å². The molecule has 1 aliphatic heterocycles. The van der Waals surface area contributed by atoms with Crippen molar-refractivity contribution in [2.24, 2.45) is 5.84 Å². The number of H-pyrrole nitrogens is 1. The van der Waals surface area contributed by atoms with Gasteiger partial charge in [-0.25, -0.2) is 10.8 Å². The number of amides is 1. The molecule has 4 N–H and O–H groups in total. The first-order valence-corrected chi connectivity index (χ1v) is 11.8. The van der Waals surface area contributed by atoms with Gasteiger partial charge in [0, 0.05) is 35.4 Å². The Morgan fingerprint density at radius 1 is 1.27 bits per heavy atom. The summed E-state index contributed by atoms with van der Waals surface area (Å²) in [7, 11) is 0. The minimum absolute atomic E-state index is 0.174. The first-order chi connectivity index (χ1) is 16.0. The van der Waals surface area contributed by atoms with Gasteiger partial charge in [0.2, 0.25) is 0 Å². The lowest BCUT2D eigenvalue weighted by Gasteiger charge is -2.37. The van der Waals surface area contributed by atoms with Crippen LogP contribution in [0.4, 0.5) is 0 Å². The number of nitrogens with one attached hydrogen (secondary N) is 2. The third-order valence-electron chi connectivity index (χ3n) is 6.30. The van der Waals surface area contributed by atoms with Gasteiger partial charge in [-0.2, -0.15) is 5.10 Å². The lowest BCUT2D eigenvalue weighted by molar-refractivity contribution is -0.128. The minimum Gasteiger partial charge on any atom is -0.321 e. The Morgan fingerprint density at radius 2 is 2.06 bits per heavy atom. The van der Waals surface area contributed by atoms with Crippen LogP contribution in [0.5, 0.6) is 0 Å². The lowest BCUT2D eigenvalue weighted by Crippen LogP contribution is -2.54. The van der Waals surface area contributed by atoms with E-state index in [1.165, 1.54) is 5.56 Å². The summed E-state index contributed by atoms with van der Waals surface area (Å²) >= 11 is 3.53. The van der Waals surface area contributed by atoms with Crippen molar-refractivity contribution in [3.63, 3.8) is 0 Å². The Labute approximate surface area is 200 Å². The molecule has 33 heavy (non-hydrogen) atoms. The topological polar surface area (TPSA) is 105 Å². The maximum atomic E-state index is 12.6. The van der Waals surface area contributed by atoms with E-state index in [0.29, 0.717) is 19.5 Å². The molecular formula is C24H26BrN7O. The van der Waals surface area contributed by atoms with Gasteiger partial charge < -0.3 is 4.57 Å². The first kappa shape index (κ1) is 21.8. The number of aromatic nitrogens is 4. The van der Waals surface area contributed by atoms with Crippen LogP contribution >= 0.6 is 15.9 Å². The number of carbonyl (C=O) groups excluding carboxylic acids is 1. The maximum absolute atomic E-state index is 12.6. The summed E-state index contributed by atoms with van der Waals surface area (Å²) in [6, 6.07) is 16.2. The van der Waals surface area contributed by atoms with Crippen molar-refractivity contribution in [2.75, 3.05) is 0 Å². The number of carbonyl (C=O) groups is 1. The number of imidazole rings is 1. The number of hydrogen-bond donors (Lipinski definition) is 3. The largest absolute Gasteiger partial charge is 0.321 e. The van der Waals surface area contributed by atoms with Gasteiger partial charge in [0.25, 0.3) is 5.91 Å². The molecule has 0 spiro atoms. The van der Waals surface area contributed by atoms with Crippen molar-refractivity contribution >= 4 is 32.7 Å². The van der Waals surface area contributed by atoms with Crippen LogP contribution in [0.15, 0.2) is 53.0 Å². The van der Waals surface area contributed by atoms with Crippen LogP contribution in [0.2, 0.25) is 0 Å². The molecule has 8 nitrogen and oxygen atoms in total. The van der Waals surface area contributed by atoms with E-state index in [4.69, 9.17) is 10.8 Å². The summed E-state index contributed by atoms with van der Waals surface area (Å²) in [5, 5.41) is 8.78. The lowest BCUT2D eigenvalue weighted by atomic mass is 10.00. The molecule has 0 bridgehead atoms. The van der Waals surface area contributed by atoms with Crippen LogP contribution in [0.25, 0.3) is 22.4 Å². The summed E-state index contributed by atoms with van der Waals surface area (Å²) in [5.41, 5.74) is 7.28. The first-order valence-electron chi connectivity index (χ1n) is 11.0. The average Bonchev–Trinajstić information content (AvgIpc) is 3.38. The van der Waals surface area contributed by atoms with Crippen molar-refractivity contribution in [2.45, 2.75) is 45.4 Å². The standard InChI is InChI=1S/C24H26BrN7O/c1-14(2)31-13-21-19(11-20(31)24(33)28-26)27-23(32(21)12-15-6-4-3-5-7-15)22-17-9-8-16(25)10-18(17)29-30-22/h3-10,14,20H,11-13,26H2,1-2H3,(H,28,33)(H,29,30)/t20-/m0/s1. The second-order valence-electron chi connectivity index (χ2n) is 8.66. The van der Waals surface area contributed by atoms with Gasteiger partial charge in [-0.3, -0.25) is 20.2 Å². The van der Waals surface area contributed by atoms with Crippen LogP contribution < -0.4 is 11.3 Å². The van der Waals surface area contributed by atoms with Gasteiger partial charge in [0.1, 0.15) is 5.69 Å². The number of benzene rings is 2. The highest BCUT2D eigenvalue weighted by Gasteiger charge is 2.36. The monoisotopic (exact) mass is 507 g/mol. The third-order valence-corrected chi connectivity index (χ3v) is 6.80. The molecule has 0 aliphatic carbocycles. The Kier molecular flexibility index (Phi) is 5.77. The SMILES string of the molecule is CC(C)N1Cc2c(nc(-c3n[nH]c4cc(Br)ccc34)n2Cc2ccccc2)C[C@H]1C(=O)NN. The molecule has 1 atom stereocenters. The molecule has 3 heterocycles. The third kappa shape index (κ3) is 3.96. The molecule has 0 radical (unpaired) electrons. The van der Waals surface area contributed by atoms with E-state index in [1.807, 2.05) is 36.4 Å². The fourth-order valence-corrected chi connectivity index (χ4v) is 4.98. The molecule has 1 amide bonds. The van der Waals surface area contributed by atoms with E-state index in [2.05, 4.69) is 67.0 Å². The zero-order chi connectivity index (χ0) is 23.1. The fraction of sp³-hybridized carbons (Fsp3) is 0.292. The molecule has 4 aromatic rings. The van der Waals surface area contributed by atoms with Crippen LogP contribution in [0, 0.1) is 0 Å². The van der Waals surface area contributed by atoms with E-state index in [1.54, 1.807) is 0 Å². The Morgan fingerprint density at radius 3 is 2.79 bits per heavy atom. The Hall–Kier alpha value is -3.01. The molecule has 5 rings (SSSR count). The Bertz CT molecular complexity index is 1310. The highest BCUT2D eigenvalue weighted by molar-refractivity contribution is 9.10. The van der Waals surface area contributed by atoms with Crippen molar-refractivity contribution in [1.82, 2.24) is 30.1 Å². The molecule has 2 aromatic heterocycles. The van der Waals surface area contributed by atoms with Gasteiger partial charge >= 0.3 is 0 Å². The van der Waals surface area contributed by atoms with E-state index in [-0.39, 0.29) is 18.0 Å². The molecular weight excluding hydrogens is 482 g/mol. The molecule has 2 aromatic carbocycles. The molecule has 0 unspecified atom stereocenters. The van der Waals surface area contributed by atoms with Crippen LogP contribution in [0.3, 0.4) is 0 Å². The number of hydrazine groups is 1. The molecule has 1 aliphatic rings. The van der Waals surface area contributed by atoms with E-state index < -0.39 is 0 Å². The quantitative estimate of drug-likeness (QED) is 0.218. The highest BCUT2D eigenvalue weighted by atomic mass is 79.9. The molecule has 0 saturated carbocycles. The minimum atomic E-state index is -0.359. The summed E-state index contributed by atoms with van der Waals surface area (Å²) in [5.74, 6) is 6.11. The molecule has 170 valence electrons. The van der Waals surface area contributed by atoms with Gasteiger partial charge in [-0.1, -0.05) is 46.3 Å². The van der Waals surface area contributed by atoms with E-state index >= 15 is 0 Å². The summed E-state index contributed by atoms with van der Waals surface area (Å²) in [6.45, 7) is 5.47. The van der Waals surface area contributed by atoms with Gasteiger partial charge in [0.05, 0.1) is 22.9 Å². The number of fused-ring (bicyclic) bond motifs is 2. The number of aromatic amines is 1. The summed E-state index contributed by atoms with van der Waals surface area (Å²) < 4.78 is 3.23. The van der Waals surface area contributed by atoms with Crippen LogP contribution in [-0.4, -0.2) is 42.6 Å². The van der Waals surface area contributed by atoms with Crippen molar-refractivity contribution in [3.8, 4) is 11.5 Å². The fourth-order valence-electron chi connectivity index (χ4n) is 4.62. The normalized spacial score (nSPS) is 16.3. The number of nitrogens with two attached hydrogens (primary N) is 1. The number of hydrogen-bond acceptors (Lipinski definition) is 5. The summed E-state index contributed by atoms with van der Waals surface area (Å²) in [6.07, 6.45) is 0.499. The van der Waals surface area contributed by atoms with E-state index in [0.717, 1.165) is 38.3 Å². The second-order valence-corrected chi connectivity index (χ2v) is 9.57. The Balaban J connectivity index is 1.67. The number of rotatable bonds is 5. The molecule has 0 saturated heterocycles. The molecule has 9 heteroatoms. The molecule has 0 fully saturated rings. The van der Waals surface area contributed by atoms with Gasteiger partial charge in [-0.05, 0) is 37.6 Å². The predicted molar refractivity (Wildman–Crippen MR) is 131 cm³/mol. The van der Waals surface area contributed by atoms with Crippen molar-refractivity contribution < 1.29 is 4.79 Å². The van der Waals surface area contributed by atoms with Crippen molar-refractivity contribution in [3.05, 3.63) is 70.0 Å². The van der Waals surface area contributed by atoms with Gasteiger partial charge in [0.15, 0.2) is 5.82 Å². The zero-order valence-electron chi connectivity index (χ0n) is 18.5. The predicted octanol–water partition coefficient (Wildman–Crippen LogP) is 3.36. The van der Waals surface area contributed by atoms with Crippen LogP contribution in [0.1, 0.15) is 30.8 Å². The maximum Gasteiger partial charge on any atom is 0.251 e. The number of halogens is 1. The summed E-state index contributed by atoms with van der Waals surface area (Å²) in [4.78, 5) is 19.8. The number of nitrogens with zero attached hydrogens (tertiary/aromatic N) is 4. The van der Waals surface area contributed by atoms with Gasteiger partial charge in [-0.15, -0.1) is 0 Å². The second kappa shape index (κ2) is 8.74. The highest BCUT2D eigenvalue weighted by Crippen LogP contribution is 2.33.